The van der Waals surface area contributed by atoms with Gasteiger partial charge in [-0.15, -0.1) is 0 Å². The molecule has 3 nitrogen and oxygen atoms in total. The van der Waals surface area contributed by atoms with Crippen LogP contribution in [0.1, 0.15) is 46.5 Å². The fourth-order valence-corrected chi connectivity index (χ4v) is 3.36. The van der Waals surface area contributed by atoms with Gasteiger partial charge in [-0.25, -0.2) is 0 Å². The second-order valence-electron chi connectivity index (χ2n) is 6.21. The zero-order valence-electron chi connectivity index (χ0n) is 12.4. The van der Waals surface area contributed by atoms with Crippen molar-refractivity contribution in [2.24, 2.45) is 5.92 Å². The molecule has 2 rings (SSSR count). The summed E-state index contributed by atoms with van der Waals surface area (Å²) in [4.78, 5) is 2.71. The van der Waals surface area contributed by atoms with E-state index in [1.807, 2.05) is 0 Å². The third-order valence-corrected chi connectivity index (χ3v) is 5.06. The molecule has 2 saturated heterocycles. The minimum absolute atomic E-state index is 0.338. The van der Waals surface area contributed by atoms with Crippen LogP contribution in [-0.2, 0) is 4.74 Å². The Labute approximate surface area is 112 Å². The van der Waals surface area contributed by atoms with Crippen LogP contribution in [0, 0.1) is 5.92 Å². The van der Waals surface area contributed by atoms with E-state index >= 15 is 0 Å². The van der Waals surface area contributed by atoms with Crippen LogP contribution < -0.4 is 5.32 Å². The normalized spacial score (nSPS) is 33.5. The average molecular weight is 254 g/mol. The highest BCUT2D eigenvalue weighted by molar-refractivity contribution is 4.93. The van der Waals surface area contributed by atoms with Gasteiger partial charge in [-0.05, 0) is 45.1 Å². The first-order valence-corrected chi connectivity index (χ1v) is 7.76. The zero-order valence-corrected chi connectivity index (χ0v) is 12.4. The molecule has 2 atom stereocenters. The summed E-state index contributed by atoms with van der Waals surface area (Å²) in [5.41, 5.74) is 0.338. The fraction of sp³-hybridized carbons (Fsp3) is 1.00. The molecule has 18 heavy (non-hydrogen) atoms. The standard InChI is InChI=1S/C15H30N2O/c1-4-15(5-2)12-17(13(3)6-8-16-15)10-14-7-9-18-11-14/h13-14,16H,4-12H2,1-3H3. The van der Waals surface area contributed by atoms with Crippen molar-refractivity contribution in [2.45, 2.75) is 58.0 Å². The number of nitrogens with one attached hydrogen (secondary N) is 1. The third kappa shape index (κ3) is 3.25. The molecular formula is C15H30N2O. The van der Waals surface area contributed by atoms with Crippen LogP contribution in [0.5, 0.6) is 0 Å². The topological polar surface area (TPSA) is 24.5 Å². The van der Waals surface area contributed by atoms with Gasteiger partial charge in [0.15, 0.2) is 0 Å². The maximum atomic E-state index is 5.53. The Morgan fingerprint density at radius 3 is 2.67 bits per heavy atom. The molecular weight excluding hydrogens is 224 g/mol. The van der Waals surface area contributed by atoms with Gasteiger partial charge in [0.05, 0.1) is 6.61 Å². The van der Waals surface area contributed by atoms with Crippen LogP contribution in [0.4, 0.5) is 0 Å². The van der Waals surface area contributed by atoms with Crippen LogP contribution >= 0.6 is 0 Å². The Bertz CT molecular complexity index is 247. The Morgan fingerprint density at radius 1 is 1.28 bits per heavy atom. The second-order valence-corrected chi connectivity index (χ2v) is 6.21. The van der Waals surface area contributed by atoms with Crippen molar-refractivity contribution in [1.82, 2.24) is 10.2 Å². The number of hydrogen-bond donors (Lipinski definition) is 1. The first-order chi connectivity index (χ1) is 8.69. The Balaban J connectivity index is 2.00. The number of hydrogen-bond acceptors (Lipinski definition) is 3. The maximum Gasteiger partial charge on any atom is 0.0507 e. The Morgan fingerprint density at radius 2 is 2.06 bits per heavy atom. The van der Waals surface area contributed by atoms with E-state index in [2.05, 4.69) is 31.0 Å². The molecule has 1 N–H and O–H groups in total. The van der Waals surface area contributed by atoms with Crippen molar-refractivity contribution in [2.75, 3.05) is 32.8 Å². The quantitative estimate of drug-likeness (QED) is 0.833. The van der Waals surface area contributed by atoms with Gasteiger partial charge in [0.25, 0.3) is 0 Å². The molecule has 2 fully saturated rings. The van der Waals surface area contributed by atoms with E-state index in [9.17, 15) is 0 Å². The monoisotopic (exact) mass is 254 g/mol. The minimum Gasteiger partial charge on any atom is -0.381 e. The molecule has 0 aromatic rings. The molecule has 106 valence electrons. The van der Waals surface area contributed by atoms with Crippen molar-refractivity contribution in [1.29, 1.82) is 0 Å². The summed E-state index contributed by atoms with van der Waals surface area (Å²) in [5.74, 6) is 0.761. The molecule has 0 aliphatic carbocycles. The largest absolute Gasteiger partial charge is 0.381 e. The lowest BCUT2D eigenvalue weighted by Gasteiger charge is -2.38. The lowest BCUT2D eigenvalue weighted by molar-refractivity contribution is 0.124. The van der Waals surface area contributed by atoms with E-state index in [4.69, 9.17) is 4.74 Å². The van der Waals surface area contributed by atoms with E-state index in [1.165, 1.54) is 45.3 Å². The van der Waals surface area contributed by atoms with Gasteiger partial charge in [-0.2, -0.15) is 0 Å². The summed E-state index contributed by atoms with van der Waals surface area (Å²) < 4.78 is 5.53. The highest BCUT2D eigenvalue weighted by Crippen LogP contribution is 2.24. The van der Waals surface area contributed by atoms with Gasteiger partial charge in [-0.1, -0.05) is 13.8 Å². The van der Waals surface area contributed by atoms with Crippen molar-refractivity contribution in [3.63, 3.8) is 0 Å². The fourth-order valence-electron chi connectivity index (χ4n) is 3.36. The summed E-state index contributed by atoms with van der Waals surface area (Å²) in [6.07, 6.45) is 4.99. The van der Waals surface area contributed by atoms with E-state index in [0.717, 1.165) is 19.1 Å². The molecule has 0 saturated carbocycles. The van der Waals surface area contributed by atoms with Crippen LogP contribution in [0.15, 0.2) is 0 Å². The van der Waals surface area contributed by atoms with Crippen molar-refractivity contribution >= 4 is 0 Å². The molecule has 2 unspecified atom stereocenters. The van der Waals surface area contributed by atoms with Gasteiger partial charge in [0.1, 0.15) is 0 Å². The van der Waals surface area contributed by atoms with Crippen LogP contribution in [0.2, 0.25) is 0 Å². The minimum atomic E-state index is 0.338. The highest BCUT2D eigenvalue weighted by atomic mass is 16.5. The highest BCUT2D eigenvalue weighted by Gasteiger charge is 2.34. The van der Waals surface area contributed by atoms with E-state index in [0.29, 0.717) is 11.6 Å². The van der Waals surface area contributed by atoms with E-state index in [-0.39, 0.29) is 0 Å². The van der Waals surface area contributed by atoms with Crippen LogP contribution in [0.3, 0.4) is 0 Å². The molecule has 2 aliphatic rings. The predicted octanol–water partition coefficient (Wildman–Crippen LogP) is 2.27. The summed E-state index contributed by atoms with van der Waals surface area (Å²) in [5, 5.41) is 3.81. The third-order valence-electron chi connectivity index (χ3n) is 5.06. The molecule has 0 bridgehead atoms. The van der Waals surface area contributed by atoms with Gasteiger partial charge in [-0.3, -0.25) is 4.90 Å². The van der Waals surface area contributed by atoms with Crippen LogP contribution in [-0.4, -0.2) is 49.3 Å². The van der Waals surface area contributed by atoms with Gasteiger partial charge in [0, 0.05) is 31.3 Å². The average Bonchev–Trinajstić information content (AvgIpc) is 2.83. The van der Waals surface area contributed by atoms with E-state index < -0.39 is 0 Å². The van der Waals surface area contributed by atoms with Crippen molar-refractivity contribution in [3.05, 3.63) is 0 Å². The summed E-state index contributed by atoms with van der Waals surface area (Å²) in [6, 6.07) is 0.707. The first kappa shape index (κ1) is 14.3. The Hall–Kier alpha value is -0.120. The van der Waals surface area contributed by atoms with Gasteiger partial charge in [0.2, 0.25) is 0 Å². The number of nitrogens with zero attached hydrogens (tertiary/aromatic N) is 1. The zero-order chi connectivity index (χ0) is 13.0. The molecule has 0 radical (unpaired) electrons. The molecule has 2 aliphatic heterocycles. The first-order valence-electron chi connectivity index (χ1n) is 7.76. The SMILES string of the molecule is CCC1(CC)CN(CC2CCOC2)C(C)CCN1. The van der Waals surface area contributed by atoms with Crippen molar-refractivity contribution < 1.29 is 4.74 Å². The van der Waals surface area contributed by atoms with Crippen molar-refractivity contribution in [3.8, 4) is 0 Å². The van der Waals surface area contributed by atoms with Crippen LogP contribution in [0.25, 0.3) is 0 Å². The van der Waals surface area contributed by atoms with Gasteiger partial charge >= 0.3 is 0 Å². The molecule has 3 heteroatoms. The lowest BCUT2D eigenvalue weighted by Crippen LogP contribution is -2.52. The molecule has 0 spiro atoms. The summed E-state index contributed by atoms with van der Waals surface area (Å²) in [7, 11) is 0. The maximum absolute atomic E-state index is 5.53. The summed E-state index contributed by atoms with van der Waals surface area (Å²) in [6.45, 7) is 12.6. The summed E-state index contributed by atoms with van der Waals surface area (Å²) >= 11 is 0. The molecule has 0 amide bonds. The molecule has 2 heterocycles. The second kappa shape index (κ2) is 6.36. The molecule has 0 aromatic carbocycles. The number of ether oxygens (including phenoxy) is 1. The smallest absolute Gasteiger partial charge is 0.0507 e. The van der Waals surface area contributed by atoms with E-state index in [1.54, 1.807) is 0 Å². The predicted molar refractivity (Wildman–Crippen MR) is 75.9 cm³/mol. The Kier molecular flexibility index (Phi) is 5.05. The van der Waals surface area contributed by atoms with Gasteiger partial charge < -0.3 is 10.1 Å². The molecule has 0 aromatic heterocycles. The lowest BCUT2D eigenvalue weighted by atomic mass is 9.92. The number of rotatable bonds is 4.